The van der Waals surface area contributed by atoms with Crippen LogP contribution >= 0.6 is 11.3 Å². The average molecular weight is 184 g/mol. The quantitative estimate of drug-likeness (QED) is 0.699. The first-order chi connectivity index (χ1) is 5.63. The van der Waals surface area contributed by atoms with Crippen molar-refractivity contribution in [2.75, 3.05) is 7.05 Å². The van der Waals surface area contributed by atoms with E-state index < -0.39 is 0 Å². The van der Waals surface area contributed by atoms with Crippen molar-refractivity contribution in [3.05, 3.63) is 16.6 Å². The predicted octanol–water partition coefficient (Wildman–Crippen LogP) is 1.62. The SMILES string of the molecule is CC(C)N(C)C(=O)c1cncs1. The standard InChI is InChI=1S/C8H12N2OS/c1-6(2)10(3)8(11)7-4-9-5-12-7/h4-6H,1-3H3. The third kappa shape index (κ3) is 1.82. The first-order valence-corrected chi connectivity index (χ1v) is 4.66. The van der Waals surface area contributed by atoms with Gasteiger partial charge in [0.2, 0.25) is 0 Å². The highest BCUT2D eigenvalue weighted by Crippen LogP contribution is 2.09. The van der Waals surface area contributed by atoms with E-state index in [1.54, 1.807) is 23.7 Å². The molecule has 12 heavy (non-hydrogen) atoms. The lowest BCUT2D eigenvalue weighted by molar-refractivity contribution is 0.0759. The molecule has 1 heterocycles. The summed E-state index contributed by atoms with van der Waals surface area (Å²) in [6.45, 7) is 3.97. The Morgan fingerprint density at radius 2 is 2.33 bits per heavy atom. The van der Waals surface area contributed by atoms with E-state index in [-0.39, 0.29) is 11.9 Å². The third-order valence-corrected chi connectivity index (χ3v) is 2.50. The number of aromatic nitrogens is 1. The van der Waals surface area contributed by atoms with Crippen molar-refractivity contribution in [2.45, 2.75) is 19.9 Å². The number of thiazole rings is 1. The Morgan fingerprint density at radius 1 is 1.67 bits per heavy atom. The topological polar surface area (TPSA) is 33.2 Å². The van der Waals surface area contributed by atoms with Gasteiger partial charge < -0.3 is 4.90 Å². The smallest absolute Gasteiger partial charge is 0.265 e. The summed E-state index contributed by atoms with van der Waals surface area (Å²) in [7, 11) is 1.80. The van der Waals surface area contributed by atoms with Crippen molar-refractivity contribution in [1.82, 2.24) is 9.88 Å². The Morgan fingerprint density at radius 3 is 2.75 bits per heavy atom. The Balaban J connectivity index is 2.72. The minimum atomic E-state index is 0.0486. The molecule has 0 fully saturated rings. The molecule has 0 aliphatic heterocycles. The minimum Gasteiger partial charge on any atom is -0.339 e. The van der Waals surface area contributed by atoms with Gasteiger partial charge >= 0.3 is 0 Å². The minimum absolute atomic E-state index is 0.0486. The molecule has 1 amide bonds. The van der Waals surface area contributed by atoms with Gasteiger partial charge in [-0.05, 0) is 13.8 Å². The maximum absolute atomic E-state index is 11.5. The summed E-state index contributed by atoms with van der Waals surface area (Å²) in [4.78, 5) is 17.8. The highest BCUT2D eigenvalue weighted by molar-refractivity contribution is 7.11. The van der Waals surface area contributed by atoms with Crippen LogP contribution in [0.3, 0.4) is 0 Å². The zero-order chi connectivity index (χ0) is 9.14. The molecule has 0 N–H and O–H groups in total. The molecule has 0 saturated carbocycles. The second-order valence-corrected chi connectivity index (χ2v) is 3.76. The molecule has 0 aromatic carbocycles. The lowest BCUT2D eigenvalue weighted by Crippen LogP contribution is -2.32. The molecule has 0 atom stereocenters. The van der Waals surface area contributed by atoms with Gasteiger partial charge in [-0.1, -0.05) is 0 Å². The van der Waals surface area contributed by atoms with Gasteiger partial charge in [-0.25, -0.2) is 0 Å². The first kappa shape index (κ1) is 9.19. The summed E-state index contributed by atoms with van der Waals surface area (Å²) >= 11 is 1.37. The summed E-state index contributed by atoms with van der Waals surface area (Å²) in [5.41, 5.74) is 1.67. The van der Waals surface area contributed by atoms with E-state index in [1.165, 1.54) is 11.3 Å². The van der Waals surface area contributed by atoms with Crippen molar-refractivity contribution in [3.63, 3.8) is 0 Å². The van der Waals surface area contributed by atoms with Gasteiger partial charge in [0.05, 0.1) is 11.7 Å². The van der Waals surface area contributed by atoms with Crippen LogP contribution in [0.1, 0.15) is 23.5 Å². The van der Waals surface area contributed by atoms with E-state index in [2.05, 4.69) is 4.98 Å². The number of carbonyl (C=O) groups excluding carboxylic acids is 1. The second kappa shape index (κ2) is 3.67. The van der Waals surface area contributed by atoms with E-state index in [4.69, 9.17) is 0 Å². The number of rotatable bonds is 2. The highest BCUT2D eigenvalue weighted by atomic mass is 32.1. The maximum Gasteiger partial charge on any atom is 0.265 e. The molecule has 0 bridgehead atoms. The van der Waals surface area contributed by atoms with Crippen molar-refractivity contribution < 1.29 is 4.79 Å². The lowest BCUT2D eigenvalue weighted by Gasteiger charge is -2.20. The van der Waals surface area contributed by atoms with Crippen LogP contribution in [0.5, 0.6) is 0 Å². The summed E-state index contributed by atoms with van der Waals surface area (Å²) in [5, 5.41) is 0. The molecule has 0 spiro atoms. The Labute approximate surface area is 76.0 Å². The molecule has 4 heteroatoms. The Bertz CT molecular complexity index is 256. The molecule has 0 saturated heterocycles. The fourth-order valence-corrected chi connectivity index (χ4v) is 1.33. The normalized spacial score (nSPS) is 10.3. The number of hydrogen-bond acceptors (Lipinski definition) is 3. The number of amides is 1. The highest BCUT2D eigenvalue weighted by Gasteiger charge is 2.14. The summed E-state index contributed by atoms with van der Waals surface area (Å²) < 4.78 is 0. The van der Waals surface area contributed by atoms with Crippen molar-refractivity contribution in [1.29, 1.82) is 0 Å². The molecule has 1 aromatic heterocycles. The predicted molar refractivity (Wildman–Crippen MR) is 49.3 cm³/mol. The fraction of sp³-hybridized carbons (Fsp3) is 0.500. The van der Waals surface area contributed by atoms with Crippen LogP contribution < -0.4 is 0 Å². The van der Waals surface area contributed by atoms with Crippen molar-refractivity contribution >= 4 is 17.2 Å². The number of nitrogens with zero attached hydrogens (tertiary/aromatic N) is 2. The number of hydrogen-bond donors (Lipinski definition) is 0. The third-order valence-electron chi connectivity index (χ3n) is 1.74. The zero-order valence-electron chi connectivity index (χ0n) is 7.44. The van der Waals surface area contributed by atoms with Gasteiger partial charge in [0, 0.05) is 13.1 Å². The van der Waals surface area contributed by atoms with Crippen molar-refractivity contribution in [3.8, 4) is 0 Å². The monoisotopic (exact) mass is 184 g/mol. The van der Waals surface area contributed by atoms with Crippen molar-refractivity contribution in [2.24, 2.45) is 0 Å². The molecule has 0 radical (unpaired) electrons. The Hall–Kier alpha value is -0.900. The summed E-state index contributed by atoms with van der Waals surface area (Å²) in [5.74, 6) is 0.0486. The summed E-state index contributed by atoms with van der Waals surface area (Å²) in [6, 6.07) is 0.236. The molecular formula is C8H12N2OS. The van der Waals surface area contributed by atoms with Gasteiger partial charge in [0.15, 0.2) is 0 Å². The largest absolute Gasteiger partial charge is 0.339 e. The zero-order valence-corrected chi connectivity index (χ0v) is 8.26. The van der Waals surface area contributed by atoms with Gasteiger partial charge in [-0.2, -0.15) is 0 Å². The molecule has 0 aliphatic carbocycles. The molecule has 1 aromatic rings. The van der Waals surface area contributed by atoms with E-state index in [0.29, 0.717) is 4.88 Å². The molecular weight excluding hydrogens is 172 g/mol. The van der Waals surface area contributed by atoms with E-state index in [0.717, 1.165) is 0 Å². The average Bonchev–Trinajstić information content (AvgIpc) is 2.53. The molecule has 3 nitrogen and oxygen atoms in total. The van der Waals surface area contributed by atoms with Gasteiger partial charge in [-0.3, -0.25) is 9.78 Å². The van der Waals surface area contributed by atoms with Crippen LogP contribution in [-0.4, -0.2) is 28.9 Å². The second-order valence-electron chi connectivity index (χ2n) is 2.88. The van der Waals surface area contributed by atoms with E-state index in [9.17, 15) is 4.79 Å². The van der Waals surface area contributed by atoms with Gasteiger partial charge in [0.25, 0.3) is 5.91 Å². The molecule has 0 aliphatic rings. The van der Waals surface area contributed by atoms with Crippen LogP contribution in [0, 0.1) is 0 Å². The lowest BCUT2D eigenvalue weighted by atomic mass is 10.3. The van der Waals surface area contributed by atoms with Crippen LogP contribution in [0.25, 0.3) is 0 Å². The summed E-state index contributed by atoms with van der Waals surface area (Å²) in [6.07, 6.45) is 1.60. The molecule has 1 rings (SSSR count). The van der Waals surface area contributed by atoms with E-state index >= 15 is 0 Å². The maximum atomic E-state index is 11.5. The van der Waals surface area contributed by atoms with Crippen LogP contribution in [0.4, 0.5) is 0 Å². The van der Waals surface area contributed by atoms with Crippen LogP contribution in [0.2, 0.25) is 0 Å². The van der Waals surface area contributed by atoms with Crippen LogP contribution in [-0.2, 0) is 0 Å². The Kier molecular flexibility index (Phi) is 2.81. The van der Waals surface area contributed by atoms with Gasteiger partial charge in [0.1, 0.15) is 4.88 Å². The number of carbonyl (C=O) groups is 1. The molecule has 66 valence electrons. The first-order valence-electron chi connectivity index (χ1n) is 3.78. The van der Waals surface area contributed by atoms with Crippen LogP contribution in [0.15, 0.2) is 11.7 Å². The van der Waals surface area contributed by atoms with E-state index in [1.807, 2.05) is 13.8 Å². The fourth-order valence-electron chi connectivity index (χ4n) is 0.730. The molecule has 0 unspecified atom stereocenters. The van der Waals surface area contributed by atoms with Gasteiger partial charge in [-0.15, -0.1) is 11.3 Å².